The van der Waals surface area contributed by atoms with Crippen molar-refractivity contribution in [3.05, 3.63) is 11.7 Å². The second-order valence-corrected chi connectivity index (χ2v) is 7.96. The zero-order valence-corrected chi connectivity index (χ0v) is 15.8. The van der Waals surface area contributed by atoms with Gasteiger partial charge in [-0.25, -0.2) is 4.79 Å². The van der Waals surface area contributed by atoms with Crippen LogP contribution in [0.2, 0.25) is 0 Å². The Morgan fingerprint density at radius 1 is 1.20 bits per heavy atom. The number of aryl methyl sites for hydroxylation is 1. The first-order chi connectivity index (χ1) is 12.0. The van der Waals surface area contributed by atoms with E-state index in [1.807, 2.05) is 11.8 Å². The quantitative estimate of drug-likeness (QED) is 0.904. The lowest BCUT2D eigenvalue weighted by molar-refractivity contribution is 0.0930. The van der Waals surface area contributed by atoms with E-state index in [0.29, 0.717) is 18.3 Å². The highest BCUT2D eigenvalue weighted by Crippen LogP contribution is 2.27. The largest absolute Gasteiger partial charge is 0.339 e. The molecule has 0 aliphatic carbocycles. The molecule has 140 valence electrons. The van der Waals surface area contributed by atoms with Crippen molar-refractivity contribution in [2.24, 2.45) is 0 Å². The van der Waals surface area contributed by atoms with Crippen LogP contribution in [0.15, 0.2) is 4.52 Å². The molecule has 2 fully saturated rings. The molecular formula is C18H31N5O2. The maximum Gasteiger partial charge on any atom is 0.317 e. The Bertz CT molecular complexity index is 572. The minimum absolute atomic E-state index is 0.00961. The summed E-state index contributed by atoms with van der Waals surface area (Å²) in [7, 11) is 0. The average Bonchev–Trinajstić information content (AvgIpc) is 3.07. The monoisotopic (exact) mass is 349 g/mol. The summed E-state index contributed by atoms with van der Waals surface area (Å²) in [6.07, 6.45) is 5.61. The van der Waals surface area contributed by atoms with E-state index in [1.54, 1.807) is 0 Å². The van der Waals surface area contributed by atoms with Gasteiger partial charge in [0, 0.05) is 31.1 Å². The molecule has 2 amide bonds. The molecule has 0 bridgehead atoms. The summed E-state index contributed by atoms with van der Waals surface area (Å²) < 4.78 is 5.27. The summed E-state index contributed by atoms with van der Waals surface area (Å²) in [6.45, 7) is 10.7. The predicted octanol–water partition coefficient (Wildman–Crippen LogP) is 2.53. The van der Waals surface area contributed by atoms with Crippen molar-refractivity contribution < 1.29 is 9.32 Å². The van der Waals surface area contributed by atoms with Crippen molar-refractivity contribution in [2.75, 3.05) is 32.7 Å². The average molecular weight is 349 g/mol. The number of hydrogen-bond donors (Lipinski definition) is 1. The number of nitrogens with one attached hydrogen (secondary N) is 1. The molecule has 2 saturated heterocycles. The molecule has 0 saturated carbocycles. The van der Waals surface area contributed by atoms with Crippen LogP contribution in [-0.2, 0) is 0 Å². The molecule has 1 aromatic heterocycles. The van der Waals surface area contributed by atoms with Crippen LogP contribution in [-0.4, -0.2) is 64.2 Å². The Morgan fingerprint density at radius 3 is 2.48 bits per heavy atom. The van der Waals surface area contributed by atoms with Gasteiger partial charge in [-0.15, -0.1) is 0 Å². The van der Waals surface area contributed by atoms with E-state index in [4.69, 9.17) is 4.52 Å². The van der Waals surface area contributed by atoms with Crippen molar-refractivity contribution in [1.82, 2.24) is 25.3 Å². The number of aromatic nitrogens is 2. The van der Waals surface area contributed by atoms with Gasteiger partial charge in [0.2, 0.25) is 5.89 Å². The van der Waals surface area contributed by atoms with Crippen LogP contribution in [0.4, 0.5) is 4.79 Å². The van der Waals surface area contributed by atoms with E-state index in [1.165, 1.54) is 19.3 Å². The molecule has 0 radical (unpaired) electrons. The Hall–Kier alpha value is -1.63. The van der Waals surface area contributed by atoms with Gasteiger partial charge in [0.1, 0.15) is 0 Å². The fourth-order valence-electron chi connectivity index (χ4n) is 3.82. The Labute approximate surface area is 150 Å². The van der Waals surface area contributed by atoms with Crippen LogP contribution in [0.25, 0.3) is 0 Å². The molecular weight excluding hydrogens is 318 g/mol. The fourth-order valence-corrected chi connectivity index (χ4v) is 3.82. The minimum atomic E-state index is 0.00961. The maximum absolute atomic E-state index is 12.5. The second kappa shape index (κ2) is 7.72. The highest BCUT2D eigenvalue weighted by molar-refractivity contribution is 5.74. The summed E-state index contributed by atoms with van der Waals surface area (Å²) in [6, 6.07) is 0.0465. The standard InChI is InChI=1S/C18H31N5O2/c1-14-20-16(25-21-14)15-7-11-22(12-8-15)17(24)19-13-18(2,3)23-9-5-4-6-10-23/h15H,4-13H2,1-3H3,(H,19,24). The van der Waals surface area contributed by atoms with Crippen LogP contribution in [0.5, 0.6) is 0 Å². The summed E-state index contributed by atoms with van der Waals surface area (Å²) in [5.74, 6) is 1.66. The fraction of sp³-hybridized carbons (Fsp3) is 0.833. The normalized spacial score (nSPS) is 20.7. The lowest BCUT2D eigenvalue weighted by Crippen LogP contribution is -2.55. The molecule has 25 heavy (non-hydrogen) atoms. The first kappa shape index (κ1) is 18.2. The summed E-state index contributed by atoms with van der Waals surface area (Å²) in [4.78, 5) is 21.3. The van der Waals surface area contributed by atoms with Crippen molar-refractivity contribution in [2.45, 2.75) is 64.3 Å². The molecule has 2 aliphatic heterocycles. The first-order valence-corrected chi connectivity index (χ1v) is 9.54. The molecule has 7 heteroatoms. The molecule has 0 spiro atoms. The SMILES string of the molecule is Cc1noc(C2CCN(C(=O)NCC(C)(C)N3CCCCC3)CC2)n1. The summed E-state index contributed by atoms with van der Waals surface area (Å²) in [5.41, 5.74) is 0.00961. The molecule has 3 heterocycles. The van der Waals surface area contributed by atoms with E-state index in [0.717, 1.165) is 39.0 Å². The van der Waals surface area contributed by atoms with Crippen LogP contribution in [0.3, 0.4) is 0 Å². The lowest BCUT2D eigenvalue weighted by Gasteiger charge is -2.41. The molecule has 3 rings (SSSR count). The predicted molar refractivity (Wildman–Crippen MR) is 95.5 cm³/mol. The molecule has 7 nitrogen and oxygen atoms in total. The number of carbonyl (C=O) groups excluding carboxylic acids is 1. The third kappa shape index (κ3) is 4.51. The van der Waals surface area contributed by atoms with Crippen molar-refractivity contribution in [3.8, 4) is 0 Å². The molecule has 0 unspecified atom stereocenters. The van der Waals surface area contributed by atoms with Crippen molar-refractivity contribution in [3.63, 3.8) is 0 Å². The number of nitrogens with zero attached hydrogens (tertiary/aromatic N) is 4. The number of carbonyl (C=O) groups is 1. The number of rotatable bonds is 4. The number of hydrogen-bond acceptors (Lipinski definition) is 5. The zero-order valence-electron chi connectivity index (χ0n) is 15.8. The molecule has 0 aromatic carbocycles. The maximum atomic E-state index is 12.5. The Kier molecular flexibility index (Phi) is 5.61. The number of likely N-dealkylation sites (tertiary alicyclic amines) is 2. The van der Waals surface area contributed by atoms with Gasteiger partial charge in [0.05, 0.1) is 0 Å². The molecule has 2 aliphatic rings. The van der Waals surface area contributed by atoms with E-state index < -0.39 is 0 Å². The van der Waals surface area contributed by atoms with Gasteiger partial charge in [-0.2, -0.15) is 4.98 Å². The van der Waals surface area contributed by atoms with E-state index in [-0.39, 0.29) is 17.5 Å². The van der Waals surface area contributed by atoms with Crippen LogP contribution >= 0.6 is 0 Å². The Balaban J connectivity index is 1.44. The highest BCUT2D eigenvalue weighted by Gasteiger charge is 2.31. The van der Waals surface area contributed by atoms with Gasteiger partial charge in [0.15, 0.2) is 5.82 Å². The smallest absolute Gasteiger partial charge is 0.317 e. The van der Waals surface area contributed by atoms with Gasteiger partial charge < -0.3 is 14.7 Å². The van der Waals surface area contributed by atoms with Gasteiger partial charge in [0.25, 0.3) is 0 Å². The topological polar surface area (TPSA) is 74.5 Å². The van der Waals surface area contributed by atoms with Crippen LogP contribution in [0, 0.1) is 6.92 Å². The van der Waals surface area contributed by atoms with Crippen molar-refractivity contribution >= 4 is 6.03 Å². The van der Waals surface area contributed by atoms with Crippen molar-refractivity contribution in [1.29, 1.82) is 0 Å². The third-order valence-corrected chi connectivity index (χ3v) is 5.56. The second-order valence-electron chi connectivity index (χ2n) is 7.96. The van der Waals surface area contributed by atoms with Crippen LogP contribution in [0.1, 0.15) is 63.6 Å². The van der Waals surface area contributed by atoms with Gasteiger partial charge in [-0.05, 0) is 59.5 Å². The number of piperidine rings is 2. The van der Waals surface area contributed by atoms with E-state index in [2.05, 4.69) is 34.2 Å². The third-order valence-electron chi connectivity index (χ3n) is 5.56. The summed E-state index contributed by atoms with van der Waals surface area (Å²) in [5, 5.41) is 7.01. The molecule has 0 atom stereocenters. The van der Waals surface area contributed by atoms with E-state index >= 15 is 0 Å². The molecule has 1 aromatic rings. The zero-order chi connectivity index (χ0) is 17.9. The number of urea groups is 1. The highest BCUT2D eigenvalue weighted by atomic mass is 16.5. The van der Waals surface area contributed by atoms with Gasteiger partial charge in [-0.3, -0.25) is 4.90 Å². The first-order valence-electron chi connectivity index (χ1n) is 9.54. The van der Waals surface area contributed by atoms with Crippen LogP contribution < -0.4 is 5.32 Å². The summed E-state index contributed by atoms with van der Waals surface area (Å²) >= 11 is 0. The molecule has 1 N–H and O–H groups in total. The number of amides is 2. The van der Waals surface area contributed by atoms with E-state index in [9.17, 15) is 4.79 Å². The van der Waals surface area contributed by atoms with Gasteiger partial charge >= 0.3 is 6.03 Å². The minimum Gasteiger partial charge on any atom is -0.339 e. The lowest BCUT2D eigenvalue weighted by atomic mass is 9.97. The van der Waals surface area contributed by atoms with Gasteiger partial charge in [-0.1, -0.05) is 11.6 Å². The Morgan fingerprint density at radius 2 is 1.88 bits per heavy atom.